The van der Waals surface area contributed by atoms with Gasteiger partial charge in [0.1, 0.15) is 0 Å². The molecule has 1 aliphatic heterocycles. The first-order valence-electron chi connectivity index (χ1n) is 5.10. The lowest BCUT2D eigenvalue weighted by Gasteiger charge is -2.24. The molecule has 1 fully saturated rings. The molecule has 3 nitrogen and oxygen atoms in total. The van der Waals surface area contributed by atoms with Gasteiger partial charge in [0, 0.05) is 32.3 Å². The standard InChI is InChI=1S/C10H21NO2/c1-12-6-3-2-4-10(8-11)5-7-13-9-10/h2-9,11H2,1H3. The van der Waals surface area contributed by atoms with Crippen molar-refractivity contribution in [2.75, 3.05) is 33.5 Å². The Bertz CT molecular complexity index is 133. The lowest BCUT2D eigenvalue weighted by Crippen LogP contribution is -2.30. The van der Waals surface area contributed by atoms with Gasteiger partial charge < -0.3 is 15.2 Å². The van der Waals surface area contributed by atoms with Crippen LogP contribution in [0.4, 0.5) is 0 Å². The quantitative estimate of drug-likeness (QED) is 0.635. The SMILES string of the molecule is COCCCCC1(CN)CCOC1. The minimum Gasteiger partial charge on any atom is -0.385 e. The Hall–Kier alpha value is -0.120. The minimum absolute atomic E-state index is 0.285. The molecular weight excluding hydrogens is 166 g/mol. The maximum absolute atomic E-state index is 5.77. The molecule has 0 aromatic heterocycles. The second kappa shape index (κ2) is 5.58. The van der Waals surface area contributed by atoms with E-state index >= 15 is 0 Å². The molecule has 1 atom stereocenters. The topological polar surface area (TPSA) is 44.5 Å². The van der Waals surface area contributed by atoms with Crippen molar-refractivity contribution < 1.29 is 9.47 Å². The fourth-order valence-electron chi connectivity index (χ4n) is 1.86. The van der Waals surface area contributed by atoms with Crippen molar-refractivity contribution in [1.29, 1.82) is 0 Å². The molecule has 78 valence electrons. The molecular formula is C10H21NO2. The molecule has 0 amide bonds. The Morgan fingerprint density at radius 3 is 2.85 bits per heavy atom. The maximum Gasteiger partial charge on any atom is 0.0535 e. The number of rotatable bonds is 6. The summed E-state index contributed by atoms with van der Waals surface area (Å²) in [5.41, 5.74) is 6.06. The van der Waals surface area contributed by atoms with Crippen LogP contribution in [0, 0.1) is 5.41 Å². The van der Waals surface area contributed by atoms with Gasteiger partial charge in [0.2, 0.25) is 0 Å². The Morgan fingerprint density at radius 2 is 2.31 bits per heavy atom. The summed E-state index contributed by atoms with van der Waals surface area (Å²) >= 11 is 0. The van der Waals surface area contributed by atoms with E-state index in [1.54, 1.807) is 7.11 Å². The predicted molar refractivity (Wildman–Crippen MR) is 52.7 cm³/mol. The molecule has 3 heteroatoms. The van der Waals surface area contributed by atoms with Crippen LogP contribution in [-0.2, 0) is 9.47 Å². The summed E-state index contributed by atoms with van der Waals surface area (Å²) in [6.07, 6.45) is 4.66. The monoisotopic (exact) mass is 187 g/mol. The molecule has 0 saturated carbocycles. The highest BCUT2D eigenvalue weighted by Gasteiger charge is 2.32. The summed E-state index contributed by atoms with van der Waals surface area (Å²) in [5.74, 6) is 0. The van der Waals surface area contributed by atoms with Gasteiger partial charge in [-0.2, -0.15) is 0 Å². The zero-order valence-corrected chi connectivity index (χ0v) is 8.55. The van der Waals surface area contributed by atoms with Crippen LogP contribution in [-0.4, -0.2) is 33.5 Å². The van der Waals surface area contributed by atoms with Gasteiger partial charge in [0.05, 0.1) is 6.61 Å². The Labute approximate surface area is 80.6 Å². The summed E-state index contributed by atoms with van der Waals surface area (Å²) < 4.78 is 10.4. The third kappa shape index (κ3) is 3.25. The zero-order chi connectivity index (χ0) is 9.57. The van der Waals surface area contributed by atoms with Crippen LogP contribution in [0.2, 0.25) is 0 Å². The summed E-state index contributed by atoms with van der Waals surface area (Å²) in [5, 5.41) is 0. The third-order valence-electron chi connectivity index (χ3n) is 2.92. The van der Waals surface area contributed by atoms with E-state index in [0.717, 1.165) is 39.2 Å². The molecule has 1 heterocycles. The van der Waals surface area contributed by atoms with Gasteiger partial charge in [0.15, 0.2) is 0 Å². The van der Waals surface area contributed by atoms with Gasteiger partial charge in [-0.25, -0.2) is 0 Å². The van der Waals surface area contributed by atoms with Crippen molar-refractivity contribution in [2.45, 2.75) is 25.7 Å². The van der Waals surface area contributed by atoms with E-state index in [9.17, 15) is 0 Å². The molecule has 0 aliphatic carbocycles. The van der Waals surface area contributed by atoms with Gasteiger partial charge in [-0.3, -0.25) is 0 Å². The van der Waals surface area contributed by atoms with Crippen LogP contribution in [0.25, 0.3) is 0 Å². The van der Waals surface area contributed by atoms with Crippen LogP contribution < -0.4 is 5.73 Å². The summed E-state index contributed by atoms with van der Waals surface area (Å²) in [6, 6.07) is 0. The molecule has 1 saturated heterocycles. The number of methoxy groups -OCH3 is 1. The van der Waals surface area contributed by atoms with Crippen molar-refractivity contribution in [3.05, 3.63) is 0 Å². The normalized spacial score (nSPS) is 28.2. The van der Waals surface area contributed by atoms with Crippen molar-refractivity contribution in [3.63, 3.8) is 0 Å². The Balaban J connectivity index is 2.16. The number of hydrogen-bond acceptors (Lipinski definition) is 3. The van der Waals surface area contributed by atoms with E-state index in [0.29, 0.717) is 0 Å². The van der Waals surface area contributed by atoms with Crippen molar-refractivity contribution in [2.24, 2.45) is 11.1 Å². The Morgan fingerprint density at radius 1 is 1.46 bits per heavy atom. The molecule has 0 spiro atoms. The lowest BCUT2D eigenvalue weighted by molar-refractivity contribution is 0.142. The average Bonchev–Trinajstić information content (AvgIpc) is 2.62. The van der Waals surface area contributed by atoms with Crippen LogP contribution in [0.15, 0.2) is 0 Å². The van der Waals surface area contributed by atoms with Crippen molar-refractivity contribution in [1.82, 2.24) is 0 Å². The molecule has 0 radical (unpaired) electrons. The van der Waals surface area contributed by atoms with Crippen molar-refractivity contribution >= 4 is 0 Å². The summed E-state index contributed by atoms with van der Waals surface area (Å²) in [7, 11) is 1.75. The smallest absolute Gasteiger partial charge is 0.0535 e. The molecule has 0 bridgehead atoms. The molecule has 2 N–H and O–H groups in total. The second-order valence-electron chi connectivity index (χ2n) is 3.96. The van der Waals surface area contributed by atoms with E-state index in [1.165, 1.54) is 12.8 Å². The molecule has 1 rings (SSSR count). The minimum atomic E-state index is 0.285. The van der Waals surface area contributed by atoms with Gasteiger partial charge >= 0.3 is 0 Å². The zero-order valence-electron chi connectivity index (χ0n) is 8.55. The van der Waals surface area contributed by atoms with E-state index in [-0.39, 0.29) is 5.41 Å². The Kier molecular flexibility index (Phi) is 4.70. The highest BCUT2D eigenvalue weighted by Crippen LogP contribution is 2.32. The first kappa shape index (κ1) is 11.0. The van der Waals surface area contributed by atoms with E-state index < -0.39 is 0 Å². The fraction of sp³-hybridized carbons (Fsp3) is 1.00. The number of hydrogen-bond donors (Lipinski definition) is 1. The van der Waals surface area contributed by atoms with Gasteiger partial charge in [-0.1, -0.05) is 6.42 Å². The number of unbranched alkanes of at least 4 members (excludes halogenated alkanes) is 1. The number of ether oxygens (including phenoxy) is 2. The van der Waals surface area contributed by atoms with Gasteiger partial charge in [-0.15, -0.1) is 0 Å². The molecule has 13 heavy (non-hydrogen) atoms. The van der Waals surface area contributed by atoms with Crippen LogP contribution in [0.3, 0.4) is 0 Å². The molecule has 0 aromatic rings. The highest BCUT2D eigenvalue weighted by molar-refractivity contribution is 4.83. The lowest BCUT2D eigenvalue weighted by atomic mass is 9.82. The van der Waals surface area contributed by atoms with Crippen molar-refractivity contribution in [3.8, 4) is 0 Å². The van der Waals surface area contributed by atoms with Gasteiger partial charge in [0.25, 0.3) is 0 Å². The maximum atomic E-state index is 5.77. The molecule has 0 aromatic carbocycles. The fourth-order valence-corrected chi connectivity index (χ4v) is 1.86. The first-order valence-corrected chi connectivity index (χ1v) is 5.10. The third-order valence-corrected chi connectivity index (χ3v) is 2.92. The predicted octanol–water partition coefficient (Wildman–Crippen LogP) is 1.17. The van der Waals surface area contributed by atoms with E-state index in [2.05, 4.69) is 0 Å². The van der Waals surface area contributed by atoms with E-state index in [4.69, 9.17) is 15.2 Å². The van der Waals surface area contributed by atoms with Crippen LogP contribution >= 0.6 is 0 Å². The number of nitrogens with two attached hydrogens (primary N) is 1. The van der Waals surface area contributed by atoms with Gasteiger partial charge in [-0.05, 0) is 19.3 Å². The molecule has 1 unspecified atom stereocenters. The second-order valence-corrected chi connectivity index (χ2v) is 3.96. The van der Waals surface area contributed by atoms with Crippen LogP contribution in [0.1, 0.15) is 25.7 Å². The average molecular weight is 187 g/mol. The molecule has 1 aliphatic rings. The first-order chi connectivity index (χ1) is 6.33. The summed E-state index contributed by atoms with van der Waals surface area (Å²) in [4.78, 5) is 0. The summed E-state index contributed by atoms with van der Waals surface area (Å²) in [6.45, 7) is 3.37. The van der Waals surface area contributed by atoms with Crippen LogP contribution in [0.5, 0.6) is 0 Å². The highest BCUT2D eigenvalue weighted by atomic mass is 16.5. The van der Waals surface area contributed by atoms with E-state index in [1.807, 2.05) is 0 Å². The largest absolute Gasteiger partial charge is 0.385 e.